The van der Waals surface area contributed by atoms with E-state index < -0.39 is 0 Å². The molecule has 114 valence electrons. The third-order valence-corrected chi connectivity index (χ3v) is 4.35. The first kappa shape index (κ1) is 17.2. The van der Waals surface area contributed by atoms with Gasteiger partial charge in [-0.15, -0.1) is 0 Å². The van der Waals surface area contributed by atoms with Gasteiger partial charge in [0.25, 0.3) is 0 Å². The van der Waals surface area contributed by atoms with Gasteiger partial charge in [0.05, 0.1) is 0 Å². The average molecular weight is 275 g/mol. The van der Waals surface area contributed by atoms with E-state index in [0.29, 0.717) is 17.9 Å². The first-order chi connectivity index (χ1) is 9.41. The van der Waals surface area contributed by atoms with Gasteiger partial charge in [0.15, 0.2) is 0 Å². The number of hydrogen-bond acceptors (Lipinski definition) is 1. The normalized spacial score (nSPS) is 16.7. The maximum absolute atomic E-state index is 3.82. The van der Waals surface area contributed by atoms with Crippen LogP contribution in [-0.4, -0.2) is 12.6 Å². The van der Waals surface area contributed by atoms with Crippen molar-refractivity contribution in [2.45, 2.75) is 66.3 Å². The molecule has 20 heavy (non-hydrogen) atoms. The lowest BCUT2D eigenvalue weighted by molar-refractivity contribution is 0.196. The number of nitrogens with one attached hydrogen (secondary N) is 1. The van der Waals surface area contributed by atoms with Crippen molar-refractivity contribution in [3.8, 4) is 0 Å². The molecular weight excluding hydrogens is 242 g/mol. The van der Waals surface area contributed by atoms with Gasteiger partial charge >= 0.3 is 0 Å². The highest BCUT2D eigenvalue weighted by molar-refractivity contribution is 5.23. The van der Waals surface area contributed by atoms with Crippen molar-refractivity contribution in [2.75, 3.05) is 6.54 Å². The standard InChI is InChI=1S/C19H33N/c1-7-14-20-18(19(4,5)6)17(15(3)8-2)16-12-10-9-11-13-16/h9-13,15,17-18,20H,7-8,14H2,1-6H3. The molecule has 0 heterocycles. The van der Waals surface area contributed by atoms with Crippen molar-refractivity contribution in [1.82, 2.24) is 5.32 Å². The summed E-state index contributed by atoms with van der Waals surface area (Å²) in [6.07, 6.45) is 2.41. The van der Waals surface area contributed by atoms with Crippen molar-refractivity contribution in [1.29, 1.82) is 0 Å². The van der Waals surface area contributed by atoms with Crippen molar-refractivity contribution >= 4 is 0 Å². The molecule has 0 radical (unpaired) electrons. The Balaban J connectivity index is 3.11. The summed E-state index contributed by atoms with van der Waals surface area (Å²) >= 11 is 0. The molecule has 0 aliphatic rings. The zero-order chi connectivity index (χ0) is 15.2. The summed E-state index contributed by atoms with van der Waals surface area (Å²) < 4.78 is 0. The molecule has 0 aliphatic carbocycles. The van der Waals surface area contributed by atoms with Crippen LogP contribution in [0.2, 0.25) is 0 Å². The zero-order valence-corrected chi connectivity index (χ0v) is 14.2. The minimum absolute atomic E-state index is 0.263. The van der Waals surface area contributed by atoms with Gasteiger partial charge in [-0.05, 0) is 29.9 Å². The fourth-order valence-electron chi connectivity index (χ4n) is 3.05. The summed E-state index contributed by atoms with van der Waals surface area (Å²) in [6, 6.07) is 11.6. The van der Waals surface area contributed by atoms with E-state index in [1.807, 2.05) is 0 Å². The predicted octanol–water partition coefficient (Wildman–Crippen LogP) is 5.23. The van der Waals surface area contributed by atoms with Crippen LogP contribution in [0.4, 0.5) is 0 Å². The van der Waals surface area contributed by atoms with Crippen LogP contribution in [0.15, 0.2) is 30.3 Å². The molecular formula is C19H33N. The second-order valence-corrected chi connectivity index (χ2v) is 7.12. The van der Waals surface area contributed by atoms with E-state index in [1.54, 1.807) is 0 Å². The van der Waals surface area contributed by atoms with Crippen LogP contribution < -0.4 is 5.32 Å². The second kappa shape index (κ2) is 7.83. The summed E-state index contributed by atoms with van der Waals surface area (Å²) in [5, 5.41) is 3.82. The van der Waals surface area contributed by atoms with Gasteiger partial charge in [-0.3, -0.25) is 0 Å². The highest BCUT2D eigenvalue weighted by atomic mass is 14.9. The van der Waals surface area contributed by atoms with Crippen molar-refractivity contribution < 1.29 is 0 Å². The van der Waals surface area contributed by atoms with Crippen LogP contribution in [0.5, 0.6) is 0 Å². The van der Waals surface area contributed by atoms with Crippen LogP contribution in [0, 0.1) is 11.3 Å². The summed E-state index contributed by atoms with van der Waals surface area (Å²) in [7, 11) is 0. The van der Waals surface area contributed by atoms with E-state index in [9.17, 15) is 0 Å². The SMILES string of the molecule is CCCNC(C(c1ccccc1)C(C)CC)C(C)(C)C. The molecule has 0 saturated heterocycles. The molecule has 0 fully saturated rings. The molecule has 0 saturated carbocycles. The lowest BCUT2D eigenvalue weighted by Crippen LogP contribution is -2.47. The van der Waals surface area contributed by atoms with Gasteiger partial charge in [0.1, 0.15) is 0 Å². The van der Waals surface area contributed by atoms with E-state index in [4.69, 9.17) is 0 Å². The molecule has 1 heteroatoms. The summed E-state index contributed by atoms with van der Waals surface area (Å²) in [6.45, 7) is 15.1. The Morgan fingerprint density at radius 2 is 1.65 bits per heavy atom. The highest BCUT2D eigenvalue weighted by Crippen LogP contribution is 2.38. The molecule has 1 rings (SSSR count). The molecule has 0 amide bonds. The van der Waals surface area contributed by atoms with Crippen molar-refractivity contribution in [3.05, 3.63) is 35.9 Å². The number of benzene rings is 1. The van der Waals surface area contributed by atoms with E-state index in [1.165, 1.54) is 18.4 Å². The van der Waals surface area contributed by atoms with Gasteiger partial charge in [0.2, 0.25) is 0 Å². The third kappa shape index (κ3) is 4.63. The van der Waals surface area contributed by atoms with E-state index in [2.05, 4.69) is 77.2 Å². The van der Waals surface area contributed by atoms with Gasteiger partial charge in [-0.1, -0.05) is 78.3 Å². The first-order valence-corrected chi connectivity index (χ1v) is 8.20. The Bertz CT molecular complexity index is 363. The van der Waals surface area contributed by atoms with Crippen LogP contribution in [0.25, 0.3) is 0 Å². The Hall–Kier alpha value is -0.820. The predicted molar refractivity (Wildman–Crippen MR) is 90.2 cm³/mol. The van der Waals surface area contributed by atoms with Crippen molar-refractivity contribution in [3.63, 3.8) is 0 Å². The molecule has 1 aromatic carbocycles. The van der Waals surface area contributed by atoms with E-state index in [-0.39, 0.29) is 5.41 Å². The molecule has 0 aliphatic heterocycles. The topological polar surface area (TPSA) is 12.0 Å². The lowest BCUT2D eigenvalue weighted by Gasteiger charge is -2.41. The Labute approximate surface area is 126 Å². The fourth-order valence-corrected chi connectivity index (χ4v) is 3.05. The second-order valence-electron chi connectivity index (χ2n) is 7.12. The molecule has 3 atom stereocenters. The molecule has 0 aromatic heterocycles. The summed E-state index contributed by atoms with van der Waals surface area (Å²) in [5.41, 5.74) is 1.74. The smallest absolute Gasteiger partial charge is 0.0187 e. The lowest BCUT2D eigenvalue weighted by atomic mass is 9.70. The highest BCUT2D eigenvalue weighted by Gasteiger charge is 2.35. The zero-order valence-electron chi connectivity index (χ0n) is 14.2. The summed E-state index contributed by atoms with van der Waals surface area (Å²) in [4.78, 5) is 0. The molecule has 1 aromatic rings. The Morgan fingerprint density at radius 3 is 2.10 bits per heavy atom. The maximum Gasteiger partial charge on any atom is 0.0187 e. The average Bonchev–Trinajstić information content (AvgIpc) is 2.42. The van der Waals surface area contributed by atoms with E-state index >= 15 is 0 Å². The van der Waals surface area contributed by atoms with E-state index in [0.717, 1.165) is 6.54 Å². The fraction of sp³-hybridized carbons (Fsp3) is 0.684. The van der Waals surface area contributed by atoms with Crippen LogP contribution >= 0.6 is 0 Å². The first-order valence-electron chi connectivity index (χ1n) is 8.20. The number of rotatable bonds is 7. The molecule has 1 nitrogen and oxygen atoms in total. The Kier molecular flexibility index (Phi) is 6.75. The minimum Gasteiger partial charge on any atom is -0.313 e. The van der Waals surface area contributed by atoms with Gasteiger partial charge in [0, 0.05) is 12.0 Å². The maximum atomic E-state index is 3.82. The molecule has 1 N–H and O–H groups in total. The van der Waals surface area contributed by atoms with Crippen molar-refractivity contribution in [2.24, 2.45) is 11.3 Å². The minimum atomic E-state index is 0.263. The molecule has 3 unspecified atom stereocenters. The largest absolute Gasteiger partial charge is 0.313 e. The van der Waals surface area contributed by atoms with Crippen LogP contribution in [-0.2, 0) is 0 Å². The Morgan fingerprint density at radius 1 is 1.05 bits per heavy atom. The van der Waals surface area contributed by atoms with Crippen LogP contribution in [0.1, 0.15) is 65.9 Å². The number of hydrogen-bond donors (Lipinski definition) is 1. The molecule has 0 spiro atoms. The van der Waals surface area contributed by atoms with Gasteiger partial charge < -0.3 is 5.32 Å². The quantitative estimate of drug-likeness (QED) is 0.718. The van der Waals surface area contributed by atoms with Gasteiger partial charge in [-0.25, -0.2) is 0 Å². The third-order valence-electron chi connectivity index (χ3n) is 4.35. The monoisotopic (exact) mass is 275 g/mol. The summed E-state index contributed by atoms with van der Waals surface area (Å²) in [5.74, 6) is 1.26. The van der Waals surface area contributed by atoms with Crippen LogP contribution in [0.3, 0.4) is 0 Å². The van der Waals surface area contributed by atoms with Gasteiger partial charge in [-0.2, -0.15) is 0 Å². The molecule has 0 bridgehead atoms.